The van der Waals surface area contributed by atoms with Gasteiger partial charge in [0.15, 0.2) is 0 Å². The summed E-state index contributed by atoms with van der Waals surface area (Å²) in [7, 11) is 1.35. The molecule has 1 saturated heterocycles. The van der Waals surface area contributed by atoms with Crippen LogP contribution in [0.1, 0.15) is 25.8 Å². The minimum absolute atomic E-state index is 0.0134. The lowest BCUT2D eigenvalue weighted by Crippen LogP contribution is -2.26. The molecule has 21 heavy (non-hydrogen) atoms. The number of carbonyl (C=O) groups excluding carboxylic acids is 2. The highest BCUT2D eigenvalue weighted by Gasteiger charge is 2.34. The van der Waals surface area contributed by atoms with Crippen molar-refractivity contribution in [1.82, 2.24) is 4.90 Å². The minimum Gasteiger partial charge on any atom is -0.491 e. The van der Waals surface area contributed by atoms with E-state index in [1.807, 2.05) is 38.1 Å². The standard InChI is InChI=1S/C16H21NO4/c1-11(2)21-14-6-4-5-12(7-14)9-17-10-13(8-15(17)18)16(19)20-3/h4-7,11,13H,8-10H2,1-3H3. The van der Waals surface area contributed by atoms with Crippen LogP contribution in [-0.2, 0) is 20.9 Å². The summed E-state index contributed by atoms with van der Waals surface area (Å²) in [5.74, 6) is 0.111. The smallest absolute Gasteiger partial charge is 0.310 e. The molecule has 0 aromatic heterocycles. The fourth-order valence-electron chi connectivity index (χ4n) is 2.46. The summed E-state index contributed by atoms with van der Waals surface area (Å²) in [6.45, 7) is 4.84. The van der Waals surface area contributed by atoms with Crippen molar-refractivity contribution in [2.45, 2.75) is 32.9 Å². The number of hydrogen-bond donors (Lipinski definition) is 0. The monoisotopic (exact) mass is 291 g/mol. The van der Waals surface area contributed by atoms with Crippen molar-refractivity contribution in [1.29, 1.82) is 0 Å². The molecule has 114 valence electrons. The molecule has 5 heteroatoms. The highest BCUT2D eigenvalue weighted by atomic mass is 16.5. The summed E-state index contributed by atoms with van der Waals surface area (Å²) in [6, 6.07) is 7.68. The van der Waals surface area contributed by atoms with Crippen LogP contribution in [0, 0.1) is 5.92 Å². The molecule has 0 aliphatic carbocycles. The molecule has 1 unspecified atom stereocenters. The number of ether oxygens (including phenoxy) is 2. The SMILES string of the molecule is COC(=O)C1CC(=O)N(Cc2cccc(OC(C)C)c2)C1. The van der Waals surface area contributed by atoms with E-state index in [0.29, 0.717) is 13.1 Å². The second-order valence-electron chi connectivity index (χ2n) is 5.51. The molecule has 1 aliphatic rings. The number of hydrogen-bond acceptors (Lipinski definition) is 4. The molecule has 0 radical (unpaired) electrons. The van der Waals surface area contributed by atoms with Gasteiger partial charge in [0.2, 0.25) is 5.91 Å². The minimum atomic E-state index is -0.349. The van der Waals surface area contributed by atoms with Crippen LogP contribution >= 0.6 is 0 Å². The predicted molar refractivity (Wildman–Crippen MR) is 77.7 cm³/mol. The van der Waals surface area contributed by atoms with Crippen molar-refractivity contribution in [2.75, 3.05) is 13.7 Å². The quantitative estimate of drug-likeness (QED) is 0.779. The van der Waals surface area contributed by atoms with E-state index in [0.717, 1.165) is 11.3 Å². The van der Waals surface area contributed by atoms with E-state index in [1.54, 1.807) is 4.90 Å². The number of amides is 1. The lowest BCUT2D eigenvalue weighted by atomic mass is 10.1. The average Bonchev–Trinajstić information content (AvgIpc) is 2.79. The Morgan fingerprint density at radius 3 is 2.86 bits per heavy atom. The van der Waals surface area contributed by atoms with Crippen LogP contribution in [0.2, 0.25) is 0 Å². The Morgan fingerprint density at radius 2 is 2.19 bits per heavy atom. The van der Waals surface area contributed by atoms with Crippen molar-refractivity contribution >= 4 is 11.9 Å². The number of rotatable bonds is 5. The molecule has 1 aliphatic heterocycles. The van der Waals surface area contributed by atoms with E-state index in [2.05, 4.69) is 0 Å². The van der Waals surface area contributed by atoms with Crippen LogP contribution in [-0.4, -0.2) is 36.5 Å². The van der Waals surface area contributed by atoms with Gasteiger partial charge in [-0.1, -0.05) is 12.1 Å². The Kier molecular flexibility index (Phi) is 4.83. The van der Waals surface area contributed by atoms with Crippen LogP contribution in [0.25, 0.3) is 0 Å². The Balaban J connectivity index is 2.01. The third-order valence-corrected chi connectivity index (χ3v) is 3.39. The highest BCUT2D eigenvalue weighted by Crippen LogP contribution is 2.23. The largest absolute Gasteiger partial charge is 0.491 e. The van der Waals surface area contributed by atoms with E-state index in [9.17, 15) is 9.59 Å². The zero-order chi connectivity index (χ0) is 15.4. The number of benzene rings is 1. The Morgan fingerprint density at radius 1 is 1.43 bits per heavy atom. The van der Waals surface area contributed by atoms with Gasteiger partial charge in [0.25, 0.3) is 0 Å². The second-order valence-corrected chi connectivity index (χ2v) is 5.51. The van der Waals surface area contributed by atoms with Gasteiger partial charge in [0.1, 0.15) is 5.75 Å². The number of nitrogens with zero attached hydrogens (tertiary/aromatic N) is 1. The highest BCUT2D eigenvalue weighted by molar-refractivity contribution is 5.86. The first kappa shape index (κ1) is 15.4. The fourth-order valence-corrected chi connectivity index (χ4v) is 2.46. The van der Waals surface area contributed by atoms with Crippen molar-refractivity contribution in [3.63, 3.8) is 0 Å². The summed E-state index contributed by atoms with van der Waals surface area (Å²) < 4.78 is 10.4. The van der Waals surface area contributed by atoms with Gasteiger partial charge < -0.3 is 14.4 Å². The molecule has 0 bridgehead atoms. The normalized spacial score (nSPS) is 18.2. The first-order valence-electron chi connectivity index (χ1n) is 7.10. The zero-order valence-corrected chi connectivity index (χ0v) is 12.7. The van der Waals surface area contributed by atoms with Gasteiger partial charge in [0.05, 0.1) is 19.1 Å². The number of carbonyl (C=O) groups is 2. The molecular weight excluding hydrogens is 270 g/mol. The summed E-state index contributed by atoms with van der Waals surface area (Å²) in [5, 5.41) is 0. The van der Waals surface area contributed by atoms with Crippen LogP contribution in [0.5, 0.6) is 5.75 Å². The summed E-state index contributed by atoms with van der Waals surface area (Å²) in [5.41, 5.74) is 0.993. The van der Waals surface area contributed by atoms with Crippen LogP contribution in [0.3, 0.4) is 0 Å². The average molecular weight is 291 g/mol. The number of methoxy groups -OCH3 is 1. The molecule has 1 fully saturated rings. The third kappa shape index (κ3) is 3.97. The number of esters is 1. The molecule has 1 amide bonds. The zero-order valence-electron chi connectivity index (χ0n) is 12.7. The van der Waals surface area contributed by atoms with E-state index >= 15 is 0 Å². The maximum Gasteiger partial charge on any atom is 0.310 e. The topological polar surface area (TPSA) is 55.8 Å². The van der Waals surface area contributed by atoms with E-state index in [-0.39, 0.29) is 30.3 Å². The summed E-state index contributed by atoms with van der Waals surface area (Å²) in [6.07, 6.45) is 0.340. The van der Waals surface area contributed by atoms with Crippen molar-refractivity contribution in [3.05, 3.63) is 29.8 Å². The van der Waals surface area contributed by atoms with Crippen molar-refractivity contribution in [2.24, 2.45) is 5.92 Å². The molecule has 1 aromatic carbocycles. The van der Waals surface area contributed by atoms with Gasteiger partial charge in [-0.3, -0.25) is 9.59 Å². The lowest BCUT2D eigenvalue weighted by Gasteiger charge is -2.17. The third-order valence-electron chi connectivity index (χ3n) is 3.39. The molecular formula is C16H21NO4. The number of likely N-dealkylation sites (tertiary alicyclic amines) is 1. The fraction of sp³-hybridized carbons (Fsp3) is 0.500. The Hall–Kier alpha value is -2.04. The molecule has 0 N–H and O–H groups in total. The maximum atomic E-state index is 12.0. The van der Waals surface area contributed by atoms with Crippen LogP contribution in [0.4, 0.5) is 0 Å². The molecule has 0 saturated carbocycles. The van der Waals surface area contributed by atoms with E-state index in [1.165, 1.54) is 7.11 Å². The first-order chi connectivity index (χ1) is 9.99. The van der Waals surface area contributed by atoms with Crippen LogP contribution in [0.15, 0.2) is 24.3 Å². The molecule has 1 atom stereocenters. The van der Waals surface area contributed by atoms with Gasteiger partial charge in [-0.05, 0) is 31.5 Å². The molecule has 1 aromatic rings. The van der Waals surface area contributed by atoms with E-state index < -0.39 is 0 Å². The molecule has 0 spiro atoms. The second kappa shape index (κ2) is 6.61. The molecule has 5 nitrogen and oxygen atoms in total. The van der Waals surface area contributed by atoms with Gasteiger partial charge in [0, 0.05) is 19.5 Å². The van der Waals surface area contributed by atoms with Gasteiger partial charge in [-0.2, -0.15) is 0 Å². The van der Waals surface area contributed by atoms with Crippen LogP contribution < -0.4 is 4.74 Å². The first-order valence-corrected chi connectivity index (χ1v) is 7.10. The van der Waals surface area contributed by atoms with Crippen molar-refractivity contribution in [3.8, 4) is 5.75 Å². The molecule has 1 heterocycles. The Bertz CT molecular complexity index is 527. The molecule has 2 rings (SSSR count). The van der Waals surface area contributed by atoms with E-state index in [4.69, 9.17) is 9.47 Å². The Labute approximate surface area is 124 Å². The summed E-state index contributed by atoms with van der Waals surface area (Å²) >= 11 is 0. The predicted octanol–water partition coefficient (Wildman–Crippen LogP) is 2.00. The lowest BCUT2D eigenvalue weighted by molar-refractivity contribution is -0.145. The van der Waals surface area contributed by atoms with Gasteiger partial charge in [-0.25, -0.2) is 0 Å². The van der Waals surface area contributed by atoms with Gasteiger partial charge in [-0.15, -0.1) is 0 Å². The van der Waals surface area contributed by atoms with Gasteiger partial charge >= 0.3 is 5.97 Å². The maximum absolute atomic E-state index is 12.0. The summed E-state index contributed by atoms with van der Waals surface area (Å²) in [4.78, 5) is 25.2. The van der Waals surface area contributed by atoms with Crippen molar-refractivity contribution < 1.29 is 19.1 Å².